The molecule has 0 radical (unpaired) electrons. The quantitative estimate of drug-likeness (QED) is 0.331. The van der Waals surface area contributed by atoms with Crippen molar-refractivity contribution in [1.29, 1.82) is 5.26 Å². The fraction of sp³-hybridized carbons (Fsp3) is 0.214. The number of ether oxygens (including phenoxy) is 1. The van der Waals surface area contributed by atoms with Gasteiger partial charge in [-0.15, -0.1) is 0 Å². The molecule has 0 saturated carbocycles. The fourth-order valence-corrected chi connectivity index (χ4v) is 3.91. The smallest absolute Gasteiger partial charge is 0.127 e. The first kappa shape index (κ1) is 22.3. The number of aryl methyl sites for hydroxylation is 1. The third-order valence-corrected chi connectivity index (χ3v) is 5.57. The largest absolute Gasteiger partial charge is 0.457 e. The molecular formula is C28H28N4O. The van der Waals surface area contributed by atoms with Crippen molar-refractivity contribution in [3.05, 3.63) is 102 Å². The van der Waals surface area contributed by atoms with Gasteiger partial charge in [-0.25, -0.2) is 0 Å². The van der Waals surface area contributed by atoms with E-state index in [0.29, 0.717) is 12.1 Å². The summed E-state index contributed by atoms with van der Waals surface area (Å²) in [6.07, 6.45) is 4.17. The maximum atomic E-state index is 9.07. The molecule has 1 aromatic heterocycles. The molecule has 33 heavy (non-hydrogen) atoms. The van der Waals surface area contributed by atoms with Crippen LogP contribution in [0.1, 0.15) is 42.5 Å². The molecule has 0 aliphatic carbocycles. The highest BCUT2D eigenvalue weighted by Gasteiger charge is 2.15. The molecule has 0 aliphatic heterocycles. The minimum absolute atomic E-state index is 0.231. The fourth-order valence-electron chi connectivity index (χ4n) is 3.91. The van der Waals surface area contributed by atoms with Crippen molar-refractivity contribution < 1.29 is 4.74 Å². The monoisotopic (exact) mass is 436 g/mol. The molecule has 0 fully saturated rings. The van der Waals surface area contributed by atoms with Crippen molar-refractivity contribution in [3.8, 4) is 28.8 Å². The third-order valence-electron chi connectivity index (χ3n) is 5.57. The lowest BCUT2D eigenvalue weighted by atomic mass is 10.0. The van der Waals surface area contributed by atoms with E-state index < -0.39 is 0 Å². The number of hydrogen-bond acceptors (Lipinski definition) is 4. The van der Waals surface area contributed by atoms with Crippen LogP contribution in [0, 0.1) is 11.3 Å². The maximum absolute atomic E-state index is 9.07. The van der Waals surface area contributed by atoms with Crippen LogP contribution in [0.25, 0.3) is 11.3 Å². The Morgan fingerprint density at radius 1 is 0.970 bits per heavy atom. The van der Waals surface area contributed by atoms with E-state index in [1.54, 1.807) is 0 Å². The normalized spacial score (nSPS) is 11.7. The van der Waals surface area contributed by atoms with Crippen molar-refractivity contribution in [2.45, 2.75) is 32.4 Å². The summed E-state index contributed by atoms with van der Waals surface area (Å²) in [5.41, 5.74) is 4.97. The highest BCUT2D eigenvalue weighted by Crippen LogP contribution is 2.27. The van der Waals surface area contributed by atoms with Gasteiger partial charge in [0.15, 0.2) is 0 Å². The van der Waals surface area contributed by atoms with Gasteiger partial charge in [-0.3, -0.25) is 4.68 Å². The summed E-state index contributed by atoms with van der Waals surface area (Å²) in [4.78, 5) is 0. The molecule has 5 heteroatoms. The topological polar surface area (TPSA) is 62.9 Å². The molecule has 1 heterocycles. The highest BCUT2D eigenvalue weighted by atomic mass is 16.5. The Labute approximate surface area is 195 Å². The summed E-state index contributed by atoms with van der Waals surface area (Å²) in [6, 6.07) is 28.1. The van der Waals surface area contributed by atoms with Crippen molar-refractivity contribution in [3.63, 3.8) is 0 Å². The summed E-state index contributed by atoms with van der Waals surface area (Å²) in [5, 5.41) is 17.4. The van der Waals surface area contributed by atoms with E-state index >= 15 is 0 Å². The zero-order valence-electron chi connectivity index (χ0n) is 19.0. The SMILES string of the molecule is CCCC(NCc1cn(C)nc1-c1ccc(C#N)cc1)c1ccc(Oc2ccccc2)cc1. The zero-order chi connectivity index (χ0) is 23.0. The van der Waals surface area contributed by atoms with E-state index in [1.165, 1.54) is 5.56 Å². The van der Waals surface area contributed by atoms with Crippen LogP contribution in [-0.4, -0.2) is 9.78 Å². The number of hydrogen-bond donors (Lipinski definition) is 1. The molecule has 1 atom stereocenters. The second-order valence-electron chi connectivity index (χ2n) is 8.07. The van der Waals surface area contributed by atoms with Crippen LogP contribution in [-0.2, 0) is 13.6 Å². The van der Waals surface area contributed by atoms with Gasteiger partial charge in [0.1, 0.15) is 11.5 Å². The highest BCUT2D eigenvalue weighted by molar-refractivity contribution is 5.63. The molecular weight excluding hydrogens is 408 g/mol. The number of para-hydroxylation sites is 1. The average Bonchev–Trinajstić information content (AvgIpc) is 3.23. The molecule has 0 bridgehead atoms. The second-order valence-corrected chi connectivity index (χ2v) is 8.07. The Morgan fingerprint density at radius 2 is 1.67 bits per heavy atom. The number of nitrogens with one attached hydrogen (secondary N) is 1. The van der Waals surface area contributed by atoms with Crippen LogP contribution in [0.5, 0.6) is 11.5 Å². The van der Waals surface area contributed by atoms with Gasteiger partial charge >= 0.3 is 0 Å². The van der Waals surface area contributed by atoms with Crippen molar-refractivity contribution in [1.82, 2.24) is 15.1 Å². The van der Waals surface area contributed by atoms with Gasteiger partial charge in [0.25, 0.3) is 0 Å². The van der Waals surface area contributed by atoms with E-state index in [2.05, 4.69) is 41.7 Å². The predicted octanol–water partition coefficient (Wildman–Crippen LogP) is 6.38. The molecule has 1 unspecified atom stereocenters. The lowest BCUT2D eigenvalue weighted by Crippen LogP contribution is -2.21. The van der Waals surface area contributed by atoms with Gasteiger partial charge in [-0.2, -0.15) is 10.4 Å². The Kier molecular flexibility index (Phi) is 7.19. The Hall–Kier alpha value is -3.88. The van der Waals surface area contributed by atoms with E-state index in [-0.39, 0.29) is 6.04 Å². The van der Waals surface area contributed by atoms with Gasteiger partial charge in [0, 0.05) is 37.0 Å². The van der Waals surface area contributed by atoms with Gasteiger partial charge in [-0.05, 0) is 48.4 Å². The van der Waals surface area contributed by atoms with Crippen molar-refractivity contribution in [2.24, 2.45) is 7.05 Å². The number of rotatable bonds is 9. The van der Waals surface area contributed by atoms with Crippen LogP contribution in [0.2, 0.25) is 0 Å². The van der Waals surface area contributed by atoms with Gasteiger partial charge in [0.05, 0.1) is 17.3 Å². The summed E-state index contributed by atoms with van der Waals surface area (Å²) < 4.78 is 7.78. The van der Waals surface area contributed by atoms with E-state index in [9.17, 15) is 0 Å². The van der Waals surface area contributed by atoms with E-state index in [0.717, 1.165) is 41.2 Å². The second kappa shape index (κ2) is 10.6. The van der Waals surface area contributed by atoms with Crippen molar-refractivity contribution >= 4 is 0 Å². The molecule has 1 N–H and O–H groups in total. The molecule has 3 aromatic carbocycles. The van der Waals surface area contributed by atoms with Crippen LogP contribution in [0.15, 0.2) is 85.1 Å². The molecule has 0 spiro atoms. The first-order valence-corrected chi connectivity index (χ1v) is 11.3. The van der Waals surface area contributed by atoms with E-state index in [4.69, 9.17) is 10.00 Å². The minimum atomic E-state index is 0.231. The van der Waals surface area contributed by atoms with Crippen LogP contribution in [0.4, 0.5) is 0 Å². The van der Waals surface area contributed by atoms with Gasteiger partial charge in [0.2, 0.25) is 0 Å². The van der Waals surface area contributed by atoms with Gasteiger partial charge in [-0.1, -0.05) is 55.8 Å². The van der Waals surface area contributed by atoms with Gasteiger partial charge < -0.3 is 10.1 Å². The first-order chi connectivity index (χ1) is 16.2. The lowest BCUT2D eigenvalue weighted by molar-refractivity contribution is 0.477. The Balaban J connectivity index is 1.47. The molecule has 0 saturated heterocycles. The number of nitrogens with zero attached hydrogens (tertiary/aromatic N) is 3. The molecule has 4 aromatic rings. The van der Waals surface area contributed by atoms with Crippen LogP contribution in [0.3, 0.4) is 0 Å². The summed E-state index contributed by atoms with van der Waals surface area (Å²) in [5.74, 6) is 1.66. The molecule has 166 valence electrons. The lowest BCUT2D eigenvalue weighted by Gasteiger charge is -2.19. The maximum Gasteiger partial charge on any atom is 0.127 e. The summed E-state index contributed by atoms with van der Waals surface area (Å²) >= 11 is 0. The minimum Gasteiger partial charge on any atom is -0.457 e. The molecule has 0 amide bonds. The van der Waals surface area contributed by atoms with Crippen LogP contribution >= 0.6 is 0 Å². The molecule has 0 aliphatic rings. The summed E-state index contributed by atoms with van der Waals surface area (Å²) in [6.45, 7) is 2.91. The van der Waals surface area contributed by atoms with Crippen molar-refractivity contribution in [2.75, 3.05) is 0 Å². The zero-order valence-corrected chi connectivity index (χ0v) is 19.0. The predicted molar refractivity (Wildman–Crippen MR) is 131 cm³/mol. The molecule has 4 rings (SSSR count). The Bertz CT molecular complexity index is 1210. The Morgan fingerprint density at radius 3 is 2.33 bits per heavy atom. The number of aromatic nitrogens is 2. The number of nitriles is 1. The average molecular weight is 437 g/mol. The summed E-state index contributed by atoms with van der Waals surface area (Å²) in [7, 11) is 1.94. The third kappa shape index (κ3) is 5.68. The van der Waals surface area contributed by atoms with Crippen LogP contribution < -0.4 is 10.1 Å². The number of benzene rings is 3. The standard InChI is InChI=1S/C28H28N4O/c1-3-7-27(22-14-16-26(17-15-22)33-25-8-5-4-6-9-25)30-19-24-20-32(2)31-28(24)23-12-10-21(18-29)11-13-23/h4-6,8-17,20,27,30H,3,7,19H2,1-2H3. The molecule has 5 nitrogen and oxygen atoms in total. The first-order valence-electron chi connectivity index (χ1n) is 11.3. The van der Waals surface area contributed by atoms with E-state index in [1.807, 2.05) is 78.5 Å².